The molecule has 0 radical (unpaired) electrons. The van der Waals surface area contributed by atoms with Gasteiger partial charge in [0.25, 0.3) is 0 Å². The number of nitrogens with one attached hydrogen (secondary N) is 2. The van der Waals surface area contributed by atoms with Crippen LogP contribution in [0.1, 0.15) is 23.9 Å². The van der Waals surface area contributed by atoms with Gasteiger partial charge in [-0.2, -0.15) is 5.10 Å². The second-order valence-electron chi connectivity index (χ2n) is 6.68. The average molecular weight is 443 g/mol. The SMILES string of the molecule is Cn1ccnc1[C@@H](NC(=O)CCn1c(-c2cccs2)n[nH]c1=S)c1ccc(F)cc1. The Morgan fingerprint density at radius 2 is 2.13 bits per heavy atom. The fourth-order valence-electron chi connectivity index (χ4n) is 3.17. The van der Waals surface area contributed by atoms with Gasteiger partial charge in [-0.05, 0) is 41.4 Å². The summed E-state index contributed by atoms with van der Waals surface area (Å²) >= 11 is 6.88. The number of thiophene rings is 1. The molecular weight excluding hydrogens is 423 g/mol. The highest BCUT2D eigenvalue weighted by Gasteiger charge is 2.21. The predicted octanol–water partition coefficient (Wildman–Crippen LogP) is 3.84. The third-order valence-corrected chi connectivity index (χ3v) is 5.87. The maximum Gasteiger partial charge on any atom is 0.222 e. The molecule has 0 spiro atoms. The van der Waals surface area contributed by atoms with Gasteiger partial charge in [0.15, 0.2) is 10.6 Å². The lowest BCUT2D eigenvalue weighted by atomic mass is 10.1. The molecule has 3 heterocycles. The summed E-state index contributed by atoms with van der Waals surface area (Å²) in [7, 11) is 1.85. The molecule has 4 rings (SSSR count). The molecule has 1 aromatic carbocycles. The van der Waals surface area contributed by atoms with E-state index in [2.05, 4.69) is 20.5 Å². The molecule has 0 saturated heterocycles. The molecule has 154 valence electrons. The van der Waals surface area contributed by atoms with Crippen molar-refractivity contribution in [1.29, 1.82) is 0 Å². The van der Waals surface area contributed by atoms with Gasteiger partial charge in [0, 0.05) is 32.4 Å². The summed E-state index contributed by atoms with van der Waals surface area (Å²) in [5, 5.41) is 12.0. The number of hydrogen-bond donors (Lipinski definition) is 2. The molecule has 0 aliphatic heterocycles. The van der Waals surface area contributed by atoms with Crippen LogP contribution >= 0.6 is 23.6 Å². The number of nitrogens with zero attached hydrogens (tertiary/aromatic N) is 4. The lowest BCUT2D eigenvalue weighted by molar-refractivity contribution is -0.121. The number of aromatic nitrogens is 5. The molecule has 1 atom stereocenters. The van der Waals surface area contributed by atoms with E-state index in [-0.39, 0.29) is 18.1 Å². The van der Waals surface area contributed by atoms with Crippen molar-refractivity contribution in [3.05, 3.63) is 76.1 Å². The van der Waals surface area contributed by atoms with E-state index in [1.807, 2.05) is 33.7 Å². The Bertz CT molecular complexity index is 1190. The number of benzene rings is 1. The van der Waals surface area contributed by atoms with Gasteiger partial charge in [0.1, 0.15) is 17.7 Å². The Hall–Kier alpha value is -3.11. The monoisotopic (exact) mass is 442 g/mol. The van der Waals surface area contributed by atoms with Crippen LogP contribution in [0.4, 0.5) is 4.39 Å². The summed E-state index contributed by atoms with van der Waals surface area (Å²) in [6.07, 6.45) is 3.67. The van der Waals surface area contributed by atoms with E-state index in [1.54, 1.807) is 35.9 Å². The third-order valence-electron chi connectivity index (χ3n) is 4.69. The molecule has 0 aliphatic rings. The van der Waals surface area contributed by atoms with E-state index in [9.17, 15) is 9.18 Å². The largest absolute Gasteiger partial charge is 0.342 e. The van der Waals surface area contributed by atoms with Gasteiger partial charge in [0.05, 0.1) is 4.88 Å². The lowest BCUT2D eigenvalue weighted by Crippen LogP contribution is -2.31. The van der Waals surface area contributed by atoms with Crippen LogP contribution in [-0.2, 0) is 18.4 Å². The van der Waals surface area contributed by atoms with Gasteiger partial charge in [-0.3, -0.25) is 14.5 Å². The normalized spacial score (nSPS) is 12.1. The van der Waals surface area contributed by atoms with E-state index < -0.39 is 6.04 Å². The van der Waals surface area contributed by atoms with E-state index in [0.717, 1.165) is 10.4 Å². The zero-order valence-corrected chi connectivity index (χ0v) is 17.7. The topological polar surface area (TPSA) is 80.5 Å². The number of hydrogen-bond acceptors (Lipinski definition) is 5. The molecule has 0 aliphatic carbocycles. The van der Waals surface area contributed by atoms with Crippen molar-refractivity contribution in [3.63, 3.8) is 0 Å². The van der Waals surface area contributed by atoms with Crippen molar-refractivity contribution in [2.75, 3.05) is 0 Å². The highest BCUT2D eigenvalue weighted by atomic mass is 32.1. The first-order valence-electron chi connectivity index (χ1n) is 9.24. The minimum atomic E-state index is -0.493. The number of H-pyrrole nitrogens is 1. The van der Waals surface area contributed by atoms with E-state index in [0.29, 0.717) is 23.0 Å². The highest BCUT2D eigenvalue weighted by molar-refractivity contribution is 7.71. The van der Waals surface area contributed by atoms with Crippen LogP contribution in [-0.4, -0.2) is 30.2 Å². The first-order valence-corrected chi connectivity index (χ1v) is 10.5. The van der Waals surface area contributed by atoms with Crippen molar-refractivity contribution in [3.8, 4) is 10.7 Å². The molecule has 3 aromatic heterocycles. The van der Waals surface area contributed by atoms with E-state index in [1.165, 1.54) is 12.1 Å². The summed E-state index contributed by atoms with van der Waals surface area (Å²) in [5.74, 6) is 0.864. The smallest absolute Gasteiger partial charge is 0.222 e. The predicted molar refractivity (Wildman–Crippen MR) is 115 cm³/mol. The maximum atomic E-state index is 13.4. The number of halogens is 1. The van der Waals surface area contributed by atoms with E-state index in [4.69, 9.17) is 12.2 Å². The Kier molecular flexibility index (Phi) is 5.86. The van der Waals surface area contributed by atoms with Crippen LogP contribution in [0.5, 0.6) is 0 Å². The molecule has 10 heteroatoms. The van der Waals surface area contributed by atoms with Gasteiger partial charge in [-0.1, -0.05) is 18.2 Å². The number of aryl methyl sites for hydroxylation is 1. The van der Waals surface area contributed by atoms with E-state index >= 15 is 0 Å². The van der Waals surface area contributed by atoms with Crippen molar-refractivity contribution >= 4 is 29.5 Å². The molecule has 0 bridgehead atoms. The van der Waals surface area contributed by atoms with Gasteiger partial charge >= 0.3 is 0 Å². The van der Waals surface area contributed by atoms with Crippen LogP contribution in [0.3, 0.4) is 0 Å². The fourth-order valence-corrected chi connectivity index (χ4v) is 4.12. The van der Waals surface area contributed by atoms with Gasteiger partial charge in [-0.25, -0.2) is 9.37 Å². The van der Waals surface area contributed by atoms with Crippen LogP contribution < -0.4 is 5.32 Å². The Morgan fingerprint density at radius 3 is 2.80 bits per heavy atom. The summed E-state index contributed by atoms with van der Waals surface area (Å²) in [4.78, 5) is 18.1. The molecule has 4 aromatic rings. The summed E-state index contributed by atoms with van der Waals surface area (Å²) < 4.78 is 17.5. The van der Waals surface area contributed by atoms with Crippen LogP contribution in [0.2, 0.25) is 0 Å². The Morgan fingerprint density at radius 1 is 1.33 bits per heavy atom. The zero-order valence-electron chi connectivity index (χ0n) is 16.1. The maximum absolute atomic E-state index is 13.4. The van der Waals surface area contributed by atoms with Crippen LogP contribution in [0, 0.1) is 10.6 Å². The standard InChI is InChI=1S/C20H19FN6OS2/c1-26-11-9-22-19(26)17(13-4-6-14(21)7-5-13)23-16(28)8-10-27-18(24-25-20(27)29)15-3-2-12-30-15/h2-7,9,11-12,17H,8,10H2,1H3,(H,23,28)(H,25,29)/t17-/m0/s1. The van der Waals surface area contributed by atoms with Crippen LogP contribution in [0.25, 0.3) is 10.7 Å². The molecule has 0 fully saturated rings. The van der Waals surface area contributed by atoms with Gasteiger partial charge in [0.2, 0.25) is 5.91 Å². The van der Waals surface area contributed by atoms with Crippen molar-refractivity contribution in [2.45, 2.75) is 19.0 Å². The number of amides is 1. The number of imidazole rings is 1. The number of carbonyl (C=O) groups is 1. The second kappa shape index (κ2) is 8.72. The molecule has 2 N–H and O–H groups in total. The quantitative estimate of drug-likeness (QED) is 0.426. The van der Waals surface area contributed by atoms with Gasteiger partial charge in [-0.15, -0.1) is 11.3 Å². The first kappa shape index (κ1) is 20.2. The van der Waals surface area contributed by atoms with Crippen molar-refractivity contribution < 1.29 is 9.18 Å². The zero-order chi connectivity index (χ0) is 21.1. The van der Waals surface area contributed by atoms with Crippen molar-refractivity contribution in [1.82, 2.24) is 29.6 Å². The highest BCUT2D eigenvalue weighted by Crippen LogP contribution is 2.24. The van der Waals surface area contributed by atoms with Crippen LogP contribution in [0.15, 0.2) is 54.2 Å². The average Bonchev–Trinajstić information content (AvgIpc) is 3.47. The summed E-state index contributed by atoms with van der Waals surface area (Å²) in [5.41, 5.74) is 0.748. The fraction of sp³-hybridized carbons (Fsp3) is 0.200. The third kappa shape index (κ3) is 4.24. The summed E-state index contributed by atoms with van der Waals surface area (Å²) in [6, 6.07) is 9.44. The molecule has 7 nitrogen and oxygen atoms in total. The molecule has 1 amide bonds. The summed E-state index contributed by atoms with van der Waals surface area (Å²) in [6.45, 7) is 0.380. The lowest BCUT2D eigenvalue weighted by Gasteiger charge is -2.19. The molecule has 0 saturated carbocycles. The second-order valence-corrected chi connectivity index (χ2v) is 8.01. The minimum absolute atomic E-state index is 0.174. The number of carbonyl (C=O) groups excluding carboxylic acids is 1. The Labute approximate surface area is 181 Å². The molecule has 0 unspecified atom stereocenters. The Balaban J connectivity index is 1.52. The number of aromatic amines is 1. The number of rotatable bonds is 7. The van der Waals surface area contributed by atoms with Gasteiger partial charge < -0.3 is 9.88 Å². The molecular formula is C20H19FN6OS2. The minimum Gasteiger partial charge on any atom is -0.342 e. The first-order chi connectivity index (χ1) is 14.5. The molecule has 30 heavy (non-hydrogen) atoms. The van der Waals surface area contributed by atoms with Crippen molar-refractivity contribution in [2.24, 2.45) is 7.05 Å².